The molecule has 5 rings (SSSR count). The molecule has 0 spiro atoms. The Labute approximate surface area is 211 Å². The molecule has 1 aliphatic rings. The Morgan fingerprint density at radius 1 is 1.26 bits per heavy atom. The van der Waals surface area contributed by atoms with E-state index in [-0.39, 0.29) is 11.9 Å². The van der Waals surface area contributed by atoms with Crippen molar-refractivity contribution in [3.8, 4) is 0 Å². The second-order valence-corrected chi connectivity index (χ2v) is 9.71. The van der Waals surface area contributed by atoms with E-state index in [0.717, 1.165) is 36.3 Å². The number of halogens is 1. The average molecular weight is 509 g/mol. The molecular formula is C25H25FN6OS2. The third-order valence-electron chi connectivity index (χ3n) is 5.96. The first-order chi connectivity index (χ1) is 17.1. The molecule has 1 saturated heterocycles. The molecule has 0 bridgehead atoms. The summed E-state index contributed by atoms with van der Waals surface area (Å²) in [4.78, 5) is 23.7. The topological polar surface area (TPSA) is 75.1 Å². The van der Waals surface area contributed by atoms with Crippen LogP contribution in [0.5, 0.6) is 0 Å². The molecule has 1 fully saturated rings. The predicted octanol–water partition coefficient (Wildman–Crippen LogP) is 5.81. The maximum Gasteiger partial charge on any atom is 0.274 e. The number of carbonyl (C=O) groups excluding carboxylic acids is 1. The van der Waals surface area contributed by atoms with E-state index in [9.17, 15) is 9.18 Å². The van der Waals surface area contributed by atoms with E-state index in [1.54, 1.807) is 40.9 Å². The molecule has 35 heavy (non-hydrogen) atoms. The molecule has 4 aromatic rings. The molecule has 1 aliphatic heterocycles. The number of nitrogens with one attached hydrogen (secondary N) is 2. The largest absolute Gasteiger partial charge is 0.363 e. The van der Waals surface area contributed by atoms with Crippen LogP contribution in [0.4, 0.5) is 20.9 Å². The minimum absolute atomic E-state index is 0.182. The summed E-state index contributed by atoms with van der Waals surface area (Å²) in [5.74, 6) is -0.782. The van der Waals surface area contributed by atoms with Crippen LogP contribution in [-0.2, 0) is 6.54 Å². The fourth-order valence-corrected chi connectivity index (χ4v) is 5.50. The van der Waals surface area contributed by atoms with Gasteiger partial charge in [-0.3, -0.25) is 10.1 Å². The zero-order valence-electron chi connectivity index (χ0n) is 19.1. The lowest BCUT2D eigenvalue weighted by Crippen LogP contribution is -2.23. The molecule has 1 atom stereocenters. The van der Waals surface area contributed by atoms with Crippen LogP contribution in [0.1, 0.15) is 40.6 Å². The van der Waals surface area contributed by atoms with Gasteiger partial charge in [0, 0.05) is 48.5 Å². The molecular weight excluding hydrogens is 483 g/mol. The van der Waals surface area contributed by atoms with Crippen LogP contribution >= 0.6 is 23.3 Å². The molecule has 180 valence electrons. The van der Waals surface area contributed by atoms with Crippen LogP contribution in [0.3, 0.4) is 0 Å². The lowest BCUT2D eigenvalue weighted by molar-refractivity contribution is 0.101. The summed E-state index contributed by atoms with van der Waals surface area (Å²) in [6.45, 7) is 1.35. The molecule has 0 saturated carbocycles. The Kier molecular flexibility index (Phi) is 7.01. The fourth-order valence-electron chi connectivity index (χ4n) is 4.38. The third kappa shape index (κ3) is 5.33. The van der Waals surface area contributed by atoms with Crippen LogP contribution in [0.15, 0.2) is 66.3 Å². The third-order valence-corrected chi connectivity index (χ3v) is 7.18. The van der Waals surface area contributed by atoms with Gasteiger partial charge in [-0.05, 0) is 66.9 Å². The van der Waals surface area contributed by atoms with E-state index in [1.165, 1.54) is 29.3 Å². The Hall–Kier alpha value is -3.37. The number of hydrogen-bond donors (Lipinski definition) is 2. The molecule has 4 heterocycles. The quantitative estimate of drug-likeness (QED) is 0.231. The van der Waals surface area contributed by atoms with E-state index in [4.69, 9.17) is 4.98 Å². The van der Waals surface area contributed by atoms with Gasteiger partial charge in [-0.2, -0.15) is 4.39 Å². The van der Waals surface area contributed by atoms with Gasteiger partial charge >= 0.3 is 0 Å². The number of rotatable bonds is 8. The highest BCUT2D eigenvalue weighted by molar-refractivity contribution is 7.99. The summed E-state index contributed by atoms with van der Waals surface area (Å²) in [5.41, 5.74) is 4.44. The van der Waals surface area contributed by atoms with Crippen LogP contribution in [0.2, 0.25) is 0 Å². The number of carbonyl (C=O) groups is 1. The maximum atomic E-state index is 13.4. The number of anilines is 3. The second kappa shape index (κ2) is 10.5. The Bertz CT molecular complexity index is 1310. The van der Waals surface area contributed by atoms with E-state index in [1.807, 2.05) is 11.6 Å². The van der Waals surface area contributed by atoms with Gasteiger partial charge in [0.05, 0.1) is 11.7 Å². The number of amides is 1. The molecule has 2 N–H and O–H groups in total. The van der Waals surface area contributed by atoms with Gasteiger partial charge in [0.1, 0.15) is 5.69 Å². The molecule has 1 aromatic carbocycles. The van der Waals surface area contributed by atoms with Crippen molar-refractivity contribution in [1.82, 2.24) is 14.5 Å². The van der Waals surface area contributed by atoms with Gasteiger partial charge in [0.25, 0.3) is 5.91 Å². The van der Waals surface area contributed by atoms with Crippen molar-refractivity contribution >= 4 is 45.7 Å². The zero-order chi connectivity index (χ0) is 24.2. The Morgan fingerprint density at radius 3 is 2.91 bits per heavy atom. The fraction of sp³-hybridized carbons (Fsp3) is 0.240. The number of thiazole rings is 1. The Balaban J connectivity index is 1.27. The minimum Gasteiger partial charge on any atom is -0.363 e. The Morgan fingerprint density at radius 2 is 2.11 bits per heavy atom. The summed E-state index contributed by atoms with van der Waals surface area (Å²) < 4.78 is 18.5. The van der Waals surface area contributed by atoms with Crippen molar-refractivity contribution in [1.29, 1.82) is 0 Å². The van der Waals surface area contributed by atoms with Crippen molar-refractivity contribution in [3.05, 3.63) is 89.2 Å². The van der Waals surface area contributed by atoms with Gasteiger partial charge in [-0.1, -0.05) is 11.9 Å². The monoisotopic (exact) mass is 508 g/mol. The summed E-state index contributed by atoms with van der Waals surface area (Å²) in [7, 11) is 0. The van der Waals surface area contributed by atoms with Crippen LogP contribution in [0, 0.1) is 5.95 Å². The number of hydrogen-bond acceptors (Lipinski definition) is 7. The van der Waals surface area contributed by atoms with Gasteiger partial charge in [-0.25, -0.2) is 9.97 Å². The molecule has 0 aliphatic carbocycles. The molecule has 1 amide bonds. The first-order valence-electron chi connectivity index (χ1n) is 11.3. The van der Waals surface area contributed by atoms with Crippen LogP contribution < -0.4 is 14.9 Å². The van der Waals surface area contributed by atoms with E-state index in [2.05, 4.69) is 44.2 Å². The lowest BCUT2D eigenvalue weighted by atomic mass is 10.1. The summed E-state index contributed by atoms with van der Waals surface area (Å²) in [6.07, 6.45) is 7.34. The molecule has 10 heteroatoms. The first-order valence-corrected chi connectivity index (χ1v) is 13.4. The van der Waals surface area contributed by atoms with Crippen LogP contribution in [0.25, 0.3) is 0 Å². The maximum absolute atomic E-state index is 13.4. The van der Waals surface area contributed by atoms with Crippen molar-refractivity contribution in [3.63, 3.8) is 0 Å². The SMILES string of the molecule is CSNc1ccc(N2CCCC2c2csc(NC(=O)c3cccn3Cc3ccnc(F)c3)n2)cc1. The van der Waals surface area contributed by atoms with Gasteiger partial charge < -0.3 is 14.2 Å². The summed E-state index contributed by atoms with van der Waals surface area (Å²) in [6, 6.07) is 15.3. The summed E-state index contributed by atoms with van der Waals surface area (Å²) >= 11 is 3.00. The van der Waals surface area contributed by atoms with Crippen molar-refractivity contribution in [2.45, 2.75) is 25.4 Å². The highest BCUT2D eigenvalue weighted by Crippen LogP contribution is 2.37. The second-order valence-electron chi connectivity index (χ2n) is 8.24. The van der Waals surface area contributed by atoms with Gasteiger partial charge in [-0.15, -0.1) is 11.3 Å². The molecule has 0 radical (unpaired) electrons. The number of nitrogens with zero attached hydrogens (tertiary/aromatic N) is 4. The molecule has 1 unspecified atom stereocenters. The molecule has 3 aromatic heterocycles. The zero-order valence-corrected chi connectivity index (χ0v) is 20.8. The van der Waals surface area contributed by atoms with E-state index >= 15 is 0 Å². The van der Waals surface area contributed by atoms with Crippen molar-refractivity contribution < 1.29 is 9.18 Å². The van der Waals surface area contributed by atoms with Gasteiger partial charge in [0.2, 0.25) is 5.95 Å². The number of pyridine rings is 1. The predicted molar refractivity (Wildman–Crippen MR) is 141 cm³/mol. The van der Waals surface area contributed by atoms with Crippen molar-refractivity contribution in [2.24, 2.45) is 0 Å². The normalized spacial score (nSPS) is 15.4. The smallest absolute Gasteiger partial charge is 0.274 e. The minimum atomic E-state index is -0.537. The highest BCUT2D eigenvalue weighted by atomic mass is 32.2. The molecule has 7 nitrogen and oxygen atoms in total. The van der Waals surface area contributed by atoms with Crippen LogP contribution in [-0.4, -0.2) is 33.2 Å². The number of benzene rings is 1. The standard InChI is InChI=1S/C25H25FN6OS2/c1-34-30-18-6-8-19(9-7-18)32-13-3-4-21(32)20-16-35-25(28-20)29-24(33)22-5-2-12-31(22)15-17-10-11-27-23(26)14-17/h2,5-12,14,16,21,30H,3-4,13,15H2,1H3,(H,28,29,33). The average Bonchev–Trinajstić information content (AvgIpc) is 3.61. The van der Waals surface area contributed by atoms with Crippen molar-refractivity contribution in [2.75, 3.05) is 27.7 Å². The highest BCUT2D eigenvalue weighted by Gasteiger charge is 2.28. The lowest BCUT2D eigenvalue weighted by Gasteiger charge is -2.25. The van der Waals surface area contributed by atoms with Gasteiger partial charge in [0.15, 0.2) is 5.13 Å². The first kappa shape index (κ1) is 23.4. The van der Waals surface area contributed by atoms with E-state index < -0.39 is 5.95 Å². The summed E-state index contributed by atoms with van der Waals surface area (Å²) in [5, 5.41) is 5.53. The van der Waals surface area contributed by atoms with E-state index in [0.29, 0.717) is 17.4 Å². The number of aromatic nitrogens is 3.